The van der Waals surface area contributed by atoms with Crippen LogP contribution >= 0.6 is 0 Å². The molecule has 1 N–H and O–H groups in total. The molecule has 2 atom stereocenters. The molecule has 0 bridgehead atoms. The van der Waals surface area contributed by atoms with Crippen LogP contribution < -0.4 is 5.32 Å². The van der Waals surface area contributed by atoms with E-state index in [1.165, 1.54) is 17.5 Å². The summed E-state index contributed by atoms with van der Waals surface area (Å²) in [5, 5.41) is 3.70. The topological polar surface area (TPSA) is 28.2 Å². The van der Waals surface area contributed by atoms with Crippen LogP contribution in [0.1, 0.15) is 30.5 Å². The monoisotopic (exact) mass is 281 g/mol. The Kier molecular flexibility index (Phi) is 4.63. The third-order valence-corrected chi connectivity index (χ3v) is 4.34. The van der Waals surface area contributed by atoms with Crippen molar-refractivity contribution in [1.82, 2.24) is 15.2 Å². The van der Waals surface area contributed by atoms with Crippen LogP contribution in [0.15, 0.2) is 54.9 Å². The summed E-state index contributed by atoms with van der Waals surface area (Å²) in [5.41, 5.74) is 2.73. The number of aromatic nitrogens is 1. The van der Waals surface area contributed by atoms with Crippen LogP contribution in [0, 0.1) is 0 Å². The van der Waals surface area contributed by atoms with Gasteiger partial charge in [0.25, 0.3) is 0 Å². The van der Waals surface area contributed by atoms with Crippen LogP contribution in [0.25, 0.3) is 0 Å². The van der Waals surface area contributed by atoms with Gasteiger partial charge >= 0.3 is 0 Å². The second-order valence-corrected chi connectivity index (χ2v) is 5.72. The molecule has 0 radical (unpaired) electrons. The van der Waals surface area contributed by atoms with Crippen molar-refractivity contribution < 1.29 is 0 Å². The highest BCUT2D eigenvalue weighted by Crippen LogP contribution is 2.22. The van der Waals surface area contributed by atoms with Crippen molar-refractivity contribution in [2.24, 2.45) is 0 Å². The Labute approximate surface area is 127 Å². The Hall–Kier alpha value is -1.71. The normalized spacial score (nSPS) is 23.1. The molecule has 110 valence electrons. The van der Waals surface area contributed by atoms with Gasteiger partial charge in [0.1, 0.15) is 0 Å². The Morgan fingerprint density at radius 1 is 1.14 bits per heavy atom. The van der Waals surface area contributed by atoms with Gasteiger partial charge in [0.2, 0.25) is 0 Å². The molecule has 2 heterocycles. The molecule has 1 aliphatic heterocycles. The van der Waals surface area contributed by atoms with E-state index in [1.54, 1.807) is 0 Å². The van der Waals surface area contributed by atoms with Crippen molar-refractivity contribution in [3.63, 3.8) is 0 Å². The van der Waals surface area contributed by atoms with E-state index in [-0.39, 0.29) is 0 Å². The minimum absolute atomic E-state index is 0.427. The molecule has 1 saturated heterocycles. The molecule has 2 aromatic rings. The molecule has 0 aliphatic carbocycles. The van der Waals surface area contributed by atoms with Crippen LogP contribution in [0.4, 0.5) is 0 Å². The summed E-state index contributed by atoms with van der Waals surface area (Å²) < 4.78 is 0. The molecule has 0 saturated carbocycles. The van der Waals surface area contributed by atoms with Crippen LogP contribution in [0.2, 0.25) is 0 Å². The molecule has 3 heteroatoms. The number of nitrogens with one attached hydrogen (secondary N) is 1. The molecule has 1 aromatic heterocycles. The Morgan fingerprint density at radius 3 is 2.62 bits per heavy atom. The van der Waals surface area contributed by atoms with Crippen molar-refractivity contribution in [3.05, 3.63) is 66.0 Å². The fraction of sp³-hybridized carbons (Fsp3) is 0.389. The van der Waals surface area contributed by atoms with E-state index in [0.29, 0.717) is 12.1 Å². The fourth-order valence-electron chi connectivity index (χ4n) is 3.08. The molecule has 1 aromatic carbocycles. The van der Waals surface area contributed by atoms with E-state index in [0.717, 1.165) is 19.6 Å². The van der Waals surface area contributed by atoms with Gasteiger partial charge in [-0.2, -0.15) is 0 Å². The van der Waals surface area contributed by atoms with E-state index in [2.05, 4.69) is 64.6 Å². The number of piperazine rings is 1. The zero-order valence-corrected chi connectivity index (χ0v) is 12.6. The minimum Gasteiger partial charge on any atom is -0.307 e. The smallest absolute Gasteiger partial charge is 0.0450 e. The fourth-order valence-corrected chi connectivity index (χ4v) is 3.08. The summed E-state index contributed by atoms with van der Waals surface area (Å²) >= 11 is 0. The van der Waals surface area contributed by atoms with Gasteiger partial charge in [-0.25, -0.2) is 0 Å². The second-order valence-electron chi connectivity index (χ2n) is 5.72. The van der Waals surface area contributed by atoms with Crippen LogP contribution in [-0.4, -0.2) is 29.0 Å². The maximum absolute atomic E-state index is 4.11. The third-order valence-electron chi connectivity index (χ3n) is 4.34. The number of benzene rings is 1. The van der Waals surface area contributed by atoms with Gasteiger partial charge in [-0.05, 0) is 29.7 Å². The van der Waals surface area contributed by atoms with Crippen molar-refractivity contribution in [3.8, 4) is 0 Å². The van der Waals surface area contributed by atoms with E-state index >= 15 is 0 Å². The molecular weight excluding hydrogens is 258 g/mol. The highest BCUT2D eigenvalue weighted by atomic mass is 15.2. The van der Waals surface area contributed by atoms with Crippen molar-refractivity contribution >= 4 is 0 Å². The zero-order chi connectivity index (χ0) is 14.5. The summed E-state index contributed by atoms with van der Waals surface area (Å²) in [6.07, 6.45) is 4.94. The highest BCUT2D eigenvalue weighted by molar-refractivity contribution is 5.20. The highest BCUT2D eigenvalue weighted by Gasteiger charge is 2.27. The minimum atomic E-state index is 0.427. The van der Waals surface area contributed by atoms with Crippen LogP contribution in [0.5, 0.6) is 0 Å². The Bertz CT molecular complexity index is 541. The van der Waals surface area contributed by atoms with Gasteiger partial charge in [0, 0.05) is 44.1 Å². The average Bonchev–Trinajstić information content (AvgIpc) is 2.56. The molecule has 1 aliphatic rings. The maximum atomic E-state index is 4.11. The standard InChI is InChI=1S/C18H23N3/c1-2-17-12-20-18(16-6-4-3-5-7-16)14-21(17)13-15-8-10-19-11-9-15/h3-11,17-18,20H,2,12-14H2,1H3. The Balaban J connectivity index is 1.73. The first-order valence-electron chi connectivity index (χ1n) is 7.78. The molecule has 0 amide bonds. The first kappa shape index (κ1) is 14.2. The maximum Gasteiger partial charge on any atom is 0.0450 e. The third kappa shape index (κ3) is 3.49. The average molecular weight is 281 g/mol. The van der Waals surface area contributed by atoms with Gasteiger partial charge in [-0.1, -0.05) is 37.3 Å². The van der Waals surface area contributed by atoms with E-state index in [9.17, 15) is 0 Å². The zero-order valence-electron chi connectivity index (χ0n) is 12.6. The summed E-state index contributed by atoms with van der Waals surface area (Å²) in [5.74, 6) is 0. The largest absolute Gasteiger partial charge is 0.307 e. The lowest BCUT2D eigenvalue weighted by Crippen LogP contribution is -2.51. The van der Waals surface area contributed by atoms with Gasteiger partial charge in [0.05, 0.1) is 0 Å². The molecule has 0 spiro atoms. The molecule has 2 unspecified atom stereocenters. The molecule has 3 rings (SSSR count). The van der Waals surface area contributed by atoms with E-state index in [4.69, 9.17) is 0 Å². The summed E-state index contributed by atoms with van der Waals surface area (Å²) in [6, 6.07) is 16.0. The first-order valence-corrected chi connectivity index (χ1v) is 7.78. The molecule has 21 heavy (non-hydrogen) atoms. The number of rotatable bonds is 4. The lowest BCUT2D eigenvalue weighted by atomic mass is 10.00. The van der Waals surface area contributed by atoms with Crippen LogP contribution in [-0.2, 0) is 6.54 Å². The van der Waals surface area contributed by atoms with Gasteiger partial charge in [-0.3, -0.25) is 9.88 Å². The first-order chi connectivity index (χ1) is 10.4. The van der Waals surface area contributed by atoms with Gasteiger partial charge in [-0.15, -0.1) is 0 Å². The second kappa shape index (κ2) is 6.83. The lowest BCUT2D eigenvalue weighted by Gasteiger charge is -2.40. The number of hydrogen-bond acceptors (Lipinski definition) is 3. The molecular formula is C18H23N3. The van der Waals surface area contributed by atoms with E-state index < -0.39 is 0 Å². The lowest BCUT2D eigenvalue weighted by molar-refractivity contribution is 0.119. The SMILES string of the molecule is CCC1CNC(c2ccccc2)CN1Cc1ccncc1. The Morgan fingerprint density at radius 2 is 1.90 bits per heavy atom. The van der Waals surface area contributed by atoms with Gasteiger partial charge in [0.15, 0.2) is 0 Å². The molecule has 3 nitrogen and oxygen atoms in total. The number of hydrogen-bond donors (Lipinski definition) is 1. The van der Waals surface area contributed by atoms with Gasteiger partial charge < -0.3 is 5.32 Å². The summed E-state index contributed by atoms with van der Waals surface area (Å²) in [7, 11) is 0. The van der Waals surface area contributed by atoms with Crippen molar-refractivity contribution in [1.29, 1.82) is 0 Å². The quantitative estimate of drug-likeness (QED) is 0.934. The van der Waals surface area contributed by atoms with Crippen molar-refractivity contribution in [2.75, 3.05) is 13.1 Å². The summed E-state index contributed by atoms with van der Waals surface area (Å²) in [4.78, 5) is 6.71. The number of pyridine rings is 1. The predicted octanol–water partition coefficient (Wildman–Crippen LogP) is 3.01. The van der Waals surface area contributed by atoms with Crippen LogP contribution in [0.3, 0.4) is 0 Å². The van der Waals surface area contributed by atoms with E-state index in [1.807, 2.05) is 12.4 Å². The summed E-state index contributed by atoms with van der Waals surface area (Å²) in [6.45, 7) is 5.40. The van der Waals surface area contributed by atoms with Crippen molar-refractivity contribution in [2.45, 2.75) is 32.0 Å². The molecule has 1 fully saturated rings. The number of nitrogens with zero attached hydrogens (tertiary/aromatic N) is 2. The predicted molar refractivity (Wildman–Crippen MR) is 85.9 cm³/mol.